The summed E-state index contributed by atoms with van der Waals surface area (Å²) in [6.45, 7) is 0. The maximum atomic E-state index is 10.7. The summed E-state index contributed by atoms with van der Waals surface area (Å²) in [5.74, 6) is -0.646. The van der Waals surface area contributed by atoms with E-state index in [1.807, 2.05) is 0 Å². The molecule has 1 rings (SSSR count). The van der Waals surface area contributed by atoms with Crippen molar-refractivity contribution < 1.29 is 14.0 Å². The standard InChI is InChI=1S/C8H6ClNO4/c9-14-8(11)5-6-2-1-3-7(4-6)10(12)13/h1-4H,5H2. The lowest BCUT2D eigenvalue weighted by Crippen LogP contribution is -2.02. The van der Waals surface area contributed by atoms with E-state index in [0.717, 1.165) is 0 Å². The Kier molecular flexibility index (Phi) is 3.41. The fourth-order valence-electron chi connectivity index (χ4n) is 0.974. The van der Waals surface area contributed by atoms with Crippen molar-refractivity contribution in [2.45, 2.75) is 6.42 Å². The second-order valence-corrected chi connectivity index (χ2v) is 2.71. The van der Waals surface area contributed by atoms with Crippen molar-refractivity contribution >= 4 is 23.5 Å². The fraction of sp³-hybridized carbons (Fsp3) is 0.125. The Morgan fingerprint density at radius 1 is 1.57 bits per heavy atom. The molecule has 6 heteroatoms. The molecule has 0 spiro atoms. The lowest BCUT2D eigenvalue weighted by molar-refractivity contribution is -0.384. The summed E-state index contributed by atoms with van der Waals surface area (Å²) >= 11 is 4.82. The van der Waals surface area contributed by atoms with Crippen LogP contribution in [-0.4, -0.2) is 10.9 Å². The van der Waals surface area contributed by atoms with Gasteiger partial charge in [0.15, 0.2) is 0 Å². The Labute approximate surface area is 84.6 Å². The van der Waals surface area contributed by atoms with Gasteiger partial charge < -0.3 is 4.29 Å². The Hall–Kier alpha value is -1.62. The van der Waals surface area contributed by atoms with E-state index in [2.05, 4.69) is 4.29 Å². The van der Waals surface area contributed by atoms with E-state index in [1.54, 1.807) is 6.07 Å². The number of nitro groups is 1. The molecule has 1 aromatic rings. The highest BCUT2D eigenvalue weighted by Gasteiger charge is 2.09. The molecule has 0 aliphatic rings. The maximum Gasteiger partial charge on any atom is 0.329 e. The summed E-state index contributed by atoms with van der Waals surface area (Å²) in [6, 6.07) is 5.72. The molecular weight excluding hydrogens is 210 g/mol. The molecule has 0 fully saturated rings. The first-order valence-corrected chi connectivity index (χ1v) is 3.99. The van der Waals surface area contributed by atoms with Crippen LogP contribution in [0.25, 0.3) is 0 Å². The molecule has 0 radical (unpaired) electrons. The van der Waals surface area contributed by atoms with Crippen LogP contribution in [0.2, 0.25) is 0 Å². The summed E-state index contributed by atoms with van der Waals surface area (Å²) < 4.78 is 3.92. The van der Waals surface area contributed by atoms with Crippen molar-refractivity contribution in [2.24, 2.45) is 0 Å². The predicted molar refractivity (Wildman–Crippen MR) is 48.7 cm³/mol. The first-order chi connectivity index (χ1) is 6.63. The fourth-order valence-corrected chi connectivity index (χ4v) is 1.03. The smallest absolute Gasteiger partial charge is 0.329 e. The average Bonchev–Trinajstić information content (AvgIpc) is 2.18. The summed E-state index contributed by atoms with van der Waals surface area (Å²) in [6.07, 6.45) is -0.0782. The van der Waals surface area contributed by atoms with Gasteiger partial charge in [0, 0.05) is 12.1 Å². The van der Waals surface area contributed by atoms with Gasteiger partial charge in [0.2, 0.25) is 0 Å². The molecule has 5 nitrogen and oxygen atoms in total. The number of nitro benzene ring substituents is 1. The van der Waals surface area contributed by atoms with Crippen LogP contribution in [0.4, 0.5) is 5.69 Å². The molecule has 0 N–H and O–H groups in total. The van der Waals surface area contributed by atoms with Crippen LogP contribution in [0, 0.1) is 10.1 Å². The zero-order valence-corrected chi connectivity index (χ0v) is 7.73. The van der Waals surface area contributed by atoms with Crippen molar-refractivity contribution in [2.75, 3.05) is 0 Å². The van der Waals surface area contributed by atoms with E-state index >= 15 is 0 Å². The number of hydrogen-bond donors (Lipinski definition) is 0. The van der Waals surface area contributed by atoms with Gasteiger partial charge in [-0.2, -0.15) is 0 Å². The molecule has 14 heavy (non-hydrogen) atoms. The number of non-ortho nitro benzene ring substituents is 1. The number of benzene rings is 1. The van der Waals surface area contributed by atoms with E-state index in [-0.39, 0.29) is 12.1 Å². The van der Waals surface area contributed by atoms with Gasteiger partial charge >= 0.3 is 5.97 Å². The number of carbonyl (C=O) groups excluding carboxylic acids is 1. The molecule has 0 atom stereocenters. The van der Waals surface area contributed by atoms with Crippen LogP contribution in [0.3, 0.4) is 0 Å². The molecule has 0 unspecified atom stereocenters. The number of halogens is 1. The molecule has 0 aromatic heterocycles. The Balaban J connectivity index is 2.83. The zero-order valence-electron chi connectivity index (χ0n) is 6.97. The van der Waals surface area contributed by atoms with Crippen LogP contribution in [0.15, 0.2) is 24.3 Å². The zero-order chi connectivity index (χ0) is 10.6. The van der Waals surface area contributed by atoms with Crippen molar-refractivity contribution in [3.05, 3.63) is 39.9 Å². The maximum absolute atomic E-state index is 10.7. The highest BCUT2D eigenvalue weighted by Crippen LogP contribution is 2.13. The first-order valence-electron chi connectivity index (χ1n) is 3.68. The van der Waals surface area contributed by atoms with Gasteiger partial charge in [0.05, 0.1) is 11.3 Å². The highest BCUT2D eigenvalue weighted by atomic mass is 35.5. The largest absolute Gasteiger partial charge is 0.347 e. The lowest BCUT2D eigenvalue weighted by Gasteiger charge is -1.97. The number of carbonyl (C=O) groups is 1. The van der Waals surface area contributed by atoms with Crippen LogP contribution in [0.5, 0.6) is 0 Å². The summed E-state index contributed by atoms with van der Waals surface area (Å²) in [4.78, 5) is 20.6. The Morgan fingerprint density at radius 2 is 2.29 bits per heavy atom. The third-order valence-corrected chi connectivity index (χ3v) is 1.73. The van der Waals surface area contributed by atoms with Gasteiger partial charge in [-0.05, 0) is 5.56 Å². The van der Waals surface area contributed by atoms with Crippen molar-refractivity contribution in [1.82, 2.24) is 0 Å². The van der Waals surface area contributed by atoms with Crippen LogP contribution < -0.4 is 0 Å². The molecular formula is C8H6ClNO4. The van der Waals surface area contributed by atoms with Gasteiger partial charge in [0.1, 0.15) is 11.9 Å². The van der Waals surface area contributed by atoms with E-state index in [9.17, 15) is 14.9 Å². The number of hydrogen-bond acceptors (Lipinski definition) is 4. The molecule has 0 bridgehead atoms. The highest BCUT2D eigenvalue weighted by molar-refractivity contribution is 6.13. The van der Waals surface area contributed by atoms with Gasteiger partial charge in [0.25, 0.3) is 5.69 Å². The van der Waals surface area contributed by atoms with Gasteiger partial charge in [-0.25, -0.2) is 0 Å². The number of nitrogens with zero attached hydrogens (tertiary/aromatic N) is 1. The van der Waals surface area contributed by atoms with Crippen LogP contribution in [0.1, 0.15) is 5.56 Å². The molecule has 74 valence electrons. The van der Waals surface area contributed by atoms with Crippen molar-refractivity contribution in [1.29, 1.82) is 0 Å². The molecule has 0 aliphatic carbocycles. The van der Waals surface area contributed by atoms with E-state index in [1.165, 1.54) is 18.2 Å². The van der Waals surface area contributed by atoms with Crippen molar-refractivity contribution in [3.63, 3.8) is 0 Å². The molecule has 0 saturated carbocycles. The van der Waals surface area contributed by atoms with Gasteiger partial charge in [-0.1, -0.05) is 12.1 Å². The minimum absolute atomic E-state index is 0.0649. The number of rotatable bonds is 3. The second kappa shape index (κ2) is 4.57. The van der Waals surface area contributed by atoms with Gasteiger partial charge in [-0.15, -0.1) is 0 Å². The van der Waals surface area contributed by atoms with Crippen molar-refractivity contribution in [3.8, 4) is 0 Å². The van der Waals surface area contributed by atoms with Crippen LogP contribution >= 0.6 is 11.9 Å². The molecule has 0 heterocycles. The summed E-state index contributed by atoms with van der Waals surface area (Å²) in [7, 11) is 0. The molecule has 0 amide bonds. The second-order valence-electron chi connectivity index (χ2n) is 2.55. The SMILES string of the molecule is O=C(Cc1cccc([N+](=O)[O-])c1)OCl. The summed E-state index contributed by atoms with van der Waals surface area (Å²) in [5.41, 5.74) is 0.426. The van der Waals surface area contributed by atoms with E-state index in [4.69, 9.17) is 11.9 Å². The monoisotopic (exact) mass is 215 g/mol. The third-order valence-electron chi connectivity index (χ3n) is 1.56. The third kappa shape index (κ3) is 2.70. The first kappa shape index (κ1) is 10.5. The normalized spacial score (nSPS) is 9.50. The minimum atomic E-state index is -0.646. The van der Waals surface area contributed by atoms with Gasteiger partial charge in [-0.3, -0.25) is 14.9 Å². The minimum Gasteiger partial charge on any atom is -0.347 e. The quantitative estimate of drug-likeness (QED) is 0.570. The topological polar surface area (TPSA) is 69.4 Å². The molecule has 1 aromatic carbocycles. The predicted octanol–water partition coefficient (Wildman–Crippen LogP) is 1.83. The molecule has 0 aliphatic heterocycles. The molecule has 0 saturated heterocycles. The average molecular weight is 216 g/mol. The van der Waals surface area contributed by atoms with E-state index in [0.29, 0.717) is 5.56 Å². The van der Waals surface area contributed by atoms with Crippen LogP contribution in [-0.2, 0) is 15.5 Å². The lowest BCUT2D eigenvalue weighted by atomic mass is 10.1. The Morgan fingerprint density at radius 3 is 2.86 bits per heavy atom. The Bertz CT molecular complexity index is 366. The van der Waals surface area contributed by atoms with E-state index < -0.39 is 10.9 Å². The summed E-state index contributed by atoms with van der Waals surface area (Å²) in [5, 5.41) is 10.4.